The second-order valence-corrected chi connectivity index (χ2v) is 5.17. The minimum atomic E-state index is -0.429. The Morgan fingerprint density at radius 3 is 2.62 bits per heavy atom. The molecule has 1 unspecified atom stereocenters. The SMILES string of the molecule is CCCNCc1ccc(OCCC)cc1OCC(O)CC. The number of aliphatic hydroxyl groups excluding tert-OH is 1. The van der Waals surface area contributed by atoms with Crippen molar-refractivity contribution in [3.63, 3.8) is 0 Å². The average molecular weight is 295 g/mol. The molecule has 0 saturated carbocycles. The standard InChI is InChI=1S/C17H29NO3/c1-4-9-18-12-14-7-8-16(20-10-5-2)11-17(14)21-13-15(19)6-3/h7-8,11,15,18-19H,4-6,9-10,12-13H2,1-3H3. The molecule has 0 saturated heterocycles. The van der Waals surface area contributed by atoms with Crippen LogP contribution >= 0.6 is 0 Å². The van der Waals surface area contributed by atoms with Gasteiger partial charge in [-0.05, 0) is 31.9 Å². The number of rotatable bonds is 11. The Morgan fingerprint density at radius 1 is 1.14 bits per heavy atom. The molecular weight excluding hydrogens is 266 g/mol. The van der Waals surface area contributed by atoms with Crippen molar-refractivity contribution < 1.29 is 14.6 Å². The van der Waals surface area contributed by atoms with Crippen LogP contribution in [0.25, 0.3) is 0 Å². The van der Waals surface area contributed by atoms with Crippen LogP contribution in [0.4, 0.5) is 0 Å². The van der Waals surface area contributed by atoms with Gasteiger partial charge in [-0.2, -0.15) is 0 Å². The van der Waals surface area contributed by atoms with Gasteiger partial charge in [0.25, 0.3) is 0 Å². The molecule has 4 nitrogen and oxygen atoms in total. The molecule has 21 heavy (non-hydrogen) atoms. The van der Waals surface area contributed by atoms with E-state index in [0.29, 0.717) is 19.6 Å². The Balaban J connectivity index is 2.73. The number of hydrogen-bond acceptors (Lipinski definition) is 4. The van der Waals surface area contributed by atoms with Crippen LogP contribution in [0, 0.1) is 0 Å². The molecule has 0 aliphatic carbocycles. The quantitative estimate of drug-likeness (QED) is 0.616. The molecule has 1 rings (SSSR count). The summed E-state index contributed by atoms with van der Waals surface area (Å²) in [7, 11) is 0. The summed E-state index contributed by atoms with van der Waals surface area (Å²) in [6.45, 7) is 8.92. The molecule has 120 valence electrons. The van der Waals surface area contributed by atoms with Crippen LogP contribution in [-0.4, -0.2) is 31.0 Å². The van der Waals surface area contributed by atoms with E-state index in [-0.39, 0.29) is 0 Å². The van der Waals surface area contributed by atoms with Crippen molar-refractivity contribution >= 4 is 0 Å². The van der Waals surface area contributed by atoms with E-state index < -0.39 is 6.10 Å². The molecule has 2 N–H and O–H groups in total. The molecule has 4 heteroatoms. The number of aliphatic hydroxyl groups is 1. The Labute approximate surface area is 128 Å². The van der Waals surface area contributed by atoms with Crippen LogP contribution in [-0.2, 0) is 6.54 Å². The van der Waals surface area contributed by atoms with Gasteiger partial charge in [0.2, 0.25) is 0 Å². The van der Waals surface area contributed by atoms with Crippen molar-refractivity contribution in [3.05, 3.63) is 23.8 Å². The van der Waals surface area contributed by atoms with E-state index in [2.05, 4.69) is 19.2 Å². The fourth-order valence-electron chi connectivity index (χ4n) is 1.83. The van der Waals surface area contributed by atoms with E-state index in [1.54, 1.807) is 0 Å². The number of nitrogens with one attached hydrogen (secondary N) is 1. The molecule has 0 aliphatic rings. The molecule has 1 aromatic rings. The molecule has 0 amide bonds. The van der Waals surface area contributed by atoms with Crippen molar-refractivity contribution in [3.8, 4) is 11.5 Å². The van der Waals surface area contributed by atoms with Gasteiger partial charge in [0.15, 0.2) is 0 Å². The summed E-state index contributed by atoms with van der Waals surface area (Å²) in [5, 5.41) is 13.0. The topological polar surface area (TPSA) is 50.7 Å². The van der Waals surface area contributed by atoms with E-state index in [1.807, 2.05) is 25.1 Å². The second kappa shape index (κ2) is 10.5. The predicted octanol–water partition coefficient (Wildman–Crippen LogP) is 3.12. The summed E-state index contributed by atoms with van der Waals surface area (Å²) >= 11 is 0. The predicted molar refractivity (Wildman–Crippen MR) is 86.0 cm³/mol. The van der Waals surface area contributed by atoms with E-state index in [9.17, 15) is 5.11 Å². The third-order valence-electron chi connectivity index (χ3n) is 3.16. The smallest absolute Gasteiger partial charge is 0.127 e. The first-order valence-corrected chi connectivity index (χ1v) is 7.98. The summed E-state index contributed by atoms with van der Waals surface area (Å²) in [6.07, 6.45) is 2.34. The van der Waals surface area contributed by atoms with Crippen molar-refractivity contribution in [1.82, 2.24) is 5.32 Å². The largest absolute Gasteiger partial charge is 0.493 e. The zero-order valence-corrected chi connectivity index (χ0v) is 13.5. The van der Waals surface area contributed by atoms with Gasteiger partial charge >= 0.3 is 0 Å². The molecular formula is C17H29NO3. The van der Waals surface area contributed by atoms with Gasteiger partial charge < -0.3 is 19.9 Å². The van der Waals surface area contributed by atoms with Crippen molar-refractivity contribution in [2.24, 2.45) is 0 Å². The van der Waals surface area contributed by atoms with Crippen LogP contribution in [0.15, 0.2) is 18.2 Å². The maximum Gasteiger partial charge on any atom is 0.127 e. The highest BCUT2D eigenvalue weighted by Crippen LogP contribution is 2.25. The van der Waals surface area contributed by atoms with Crippen molar-refractivity contribution in [2.75, 3.05) is 19.8 Å². The summed E-state index contributed by atoms with van der Waals surface area (Å²) in [5.74, 6) is 1.61. The second-order valence-electron chi connectivity index (χ2n) is 5.17. The van der Waals surface area contributed by atoms with Crippen LogP contribution in [0.5, 0.6) is 11.5 Å². The minimum absolute atomic E-state index is 0.314. The summed E-state index contributed by atoms with van der Waals surface area (Å²) in [5.41, 5.74) is 1.09. The van der Waals surface area contributed by atoms with Gasteiger partial charge in [-0.1, -0.05) is 26.8 Å². The molecule has 1 aromatic carbocycles. The Morgan fingerprint density at radius 2 is 1.95 bits per heavy atom. The first kappa shape index (κ1) is 17.8. The van der Waals surface area contributed by atoms with Crippen molar-refractivity contribution in [1.29, 1.82) is 0 Å². The first-order valence-electron chi connectivity index (χ1n) is 7.98. The zero-order valence-electron chi connectivity index (χ0n) is 13.5. The van der Waals surface area contributed by atoms with Gasteiger partial charge in [0.1, 0.15) is 18.1 Å². The highest BCUT2D eigenvalue weighted by molar-refractivity contribution is 5.40. The Hall–Kier alpha value is -1.26. The molecule has 1 atom stereocenters. The van der Waals surface area contributed by atoms with E-state index in [4.69, 9.17) is 9.47 Å². The van der Waals surface area contributed by atoms with Gasteiger partial charge in [-0.15, -0.1) is 0 Å². The van der Waals surface area contributed by atoms with E-state index in [1.165, 1.54) is 0 Å². The fraction of sp³-hybridized carbons (Fsp3) is 0.647. The lowest BCUT2D eigenvalue weighted by Crippen LogP contribution is -2.18. The molecule has 0 heterocycles. The Kier molecular flexibility index (Phi) is 8.87. The molecule has 0 aliphatic heterocycles. The number of hydrogen-bond donors (Lipinski definition) is 2. The molecule has 0 radical (unpaired) electrons. The van der Waals surface area contributed by atoms with Crippen molar-refractivity contribution in [2.45, 2.75) is 52.7 Å². The lowest BCUT2D eigenvalue weighted by molar-refractivity contribution is 0.103. The van der Waals surface area contributed by atoms with E-state index >= 15 is 0 Å². The zero-order chi connectivity index (χ0) is 15.5. The molecule has 0 aromatic heterocycles. The molecule has 0 bridgehead atoms. The van der Waals surface area contributed by atoms with Gasteiger partial charge in [0.05, 0.1) is 12.7 Å². The van der Waals surface area contributed by atoms with Gasteiger partial charge in [-0.25, -0.2) is 0 Å². The minimum Gasteiger partial charge on any atom is -0.493 e. The lowest BCUT2D eigenvalue weighted by Gasteiger charge is -2.16. The monoisotopic (exact) mass is 295 g/mol. The maximum absolute atomic E-state index is 9.66. The van der Waals surface area contributed by atoms with Gasteiger partial charge in [-0.3, -0.25) is 0 Å². The number of ether oxygens (including phenoxy) is 2. The third kappa shape index (κ3) is 6.82. The average Bonchev–Trinajstić information content (AvgIpc) is 2.52. The number of benzene rings is 1. The summed E-state index contributed by atoms with van der Waals surface area (Å²) in [6, 6.07) is 5.92. The van der Waals surface area contributed by atoms with Crippen LogP contribution in [0.2, 0.25) is 0 Å². The summed E-state index contributed by atoms with van der Waals surface area (Å²) in [4.78, 5) is 0. The maximum atomic E-state index is 9.66. The van der Waals surface area contributed by atoms with E-state index in [0.717, 1.165) is 43.0 Å². The lowest BCUT2D eigenvalue weighted by atomic mass is 10.2. The fourth-order valence-corrected chi connectivity index (χ4v) is 1.83. The summed E-state index contributed by atoms with van der Waals surface area (Å²) < 4.78 is 11.4. The first-order chi connectivity index (χ1) is 10.2. The van der Waals surface area contributed by atoms with Gasteiger partial charge in [0, 0.05) is 18.2 Å². The highest BCUT2D eigenvalue weighted by Gasteiger charge is 2.09. The molecule has 0 fully saturated rings. The Bertz CT molecular complexity index is 396. The van der Waals surface area contributed by atoms with Crippen LogP contribution < -0.4 is 14.8 Å². The molecule has 0 spiro atoms. The van der Waals surface area contributed by atoms with Crippen LogP contribution in [0.1, 0.15) is 45.6 Å². The normalized spacial score (nSPS) is 12.2. The highest BCUT2D eigenvalue weighted by atomic mass is 16.5. The third-order valence-corrected chi connectivity index (χ3v) is 3.16. The van der Waals surface area contributed by atoms with Crippen LogP contribution in [0.3, 0.4) is 0 Å².